The molecule has 7 aliphatic rings. The van der Waals surface area contributed by atoms with E-state index in [1.165, 1.54) is 12.1 Å². The lowest BCUT2D eigenvalue weighted by Crippen LogP contribution is -2.40. The SMILES string of the molecule is Oc1cc(O)c2c(c1)O[C@H](c1ccc(O)c(O)c1)[C@H](O)[C@H]2c1c(O)cc(O)c2c1O[C@H](c1ccc(O)c(O)c1)[C@H](O)[C@H]2c1c(O)cc(O)c2c1O[C@H](c1ccc(O)c(O)c1)[C@H](O)[C@H]2c1c(O)cc(O)c2c1O[C@H](c1ccc(O)c(O)c1)[C@H](O)[C@H]2c1c(O)cc(O)c2c1O[C@H](c1ccc(O)c(O)c1)[C@H](O)[C@H]2c1c(O)cc(O)c2c1O[C@H](c1ccc(O)c(O)c1)[C@H](O)[C@H]2c1c(O)cc(O)c2c1O[C@H](c1ccc(O)c(O)c1)[C@H](O)C2. The molecule has 758 valence electrons. The second kappa shape index (κ2) is 34.6. The maximum absolute atomic E-state index is 13.9. The molecule has 0 aliphatic carbocycles. The predicted octanol–water partition coefficient (Wildman–Crippen LogP) is 10.2. The van der Waals surface area contributed by atoms with Gasteiger partial charge in [0.05, 0.1) is 41.6 Å². The molecule has 0 radical (unpaired) electrons. The molecule has 0 fully saturated rings. The van der Waals surface area contributed by atoms with Gasteiger partial charge in [0.15, 0.2) is 117 Å². The van der Waals surface area contributed by atoms with Gasteiger partial charge >= 0.3 is 0 Å². The third-order valence-electron chi connectivity index (χ3n) is 28.5. The molecule has 35 N–H and O–H groups in total. The van der Waals surface area contributed by atoms with Gasteiger partial charge in [0, 0.05) is 127 Å². The predicted molar refractivity (Wildman–Crippen MR) is 497 cm³/mol. The molecule has 0 spiro atoms. The van der Waals surface area contributed by atoms with E-state index in [4.69, 9.17) is 33.2 Å². The summed E-state index contributed by atoms with van der Waals surface area (Å²) in [6.07, 6.45) is -30.7. The molecule has 147 heavy (non-hydrogen) atoms. The lowest BCUT2D eigenvalue weighted by atomic mass is 9.70. The number of phenols is 28. The average Bonchev–Trinajstić information content (AvgIpc) is 0.699. The summed E-state index contributed by atoms with van der Waals surface area (Å²) in [5.41, 5.74) is -11.3. The Balaban J connectivity index is 0.811. The third-order valence-corrected chi connectivity index (χ3v) is 28.5. The first-order chi connectivity index (χ1) is 69.9. The van der Waals surface area contributed by atoms with Gasteiger partial charge in [-0.05, 0) is 124 Å². The highest BCUT2D eigenvalue weighted by atomic mass is 16.5. The van der Waals surface area contributed by atoms with Crippen molar-refractivity contribution in [1.82, 2.24) is 0 Å². The lowest BCUT2D eigenvalue weighted by molar-refractivity contribution is -0.0116. The molecular formula is C105H86O42. The minimum absolute atomic E-state index is 0.0307. The number of benzene rings is 14. The normalized spacial score (nSPS) is 24.5. The fraction of sp³-hybridized carbons (Fsp3) is 0.200. The summed E-state index contributed by atoms with van der Waals surface area (Å²) in [4.78, 5) is 0. The van der Waals surface area contributed by atoms with Crippen LogP contribution in [0.25, 0.3) is 0 Å². The van der Waals surface area contributed by atoms with Crippen molar-refractivity contribution in [1.29, 1.82) is 0 Å². The number of ether oxygens (including phenoxy) is 7. The number of hydrogen-bond donors (Lipinski definition) is 35. The Hall–Kier alpha value is -18.2. The Morgan fingerprint density at radius 3 is 0.551 bits per heavy atom. The van der Waals surface area contributed by atoms with Gasteiger partial charge in [-0.25, -0.2) is 0 Å². The van der Waals surface area contributed by atoms with E-state index in [1.54, 1.807) is 0 Å². The van der Waals surface area contributed by atoms with Crippen molar-refractivity contribution in [3.63, 3.8) is 0 Å². The highest BCUT2D eigenvalue weighted by Gasteiger charge is 2.59. The summed E-state index contributed by atoms with van der Waals surface area (Å²) in [6.45, 7) is 0. The molecule has 0 bridgehead atoms. The molecule has 42 heteroatoms. The van der Waals surface area contributed by atoms with E-state index in [2.05, 4.69) is 0 Å². The third kappa shape index (κ3) is 14.9. The van der Waals surface area contributed by atoms with E-state index in [-0.39, 0.29) is 38.9 Å². The molecule has 7 heterocycles. The largest absolute Gasteiger partial charge is 0.508 e. The molecule has 14 aromatic carbocycles. The van der Waals surface area contributed by atoms with Gasteiger partial charge in [-0.2, -0.15) is 0 Å². The van der Waals surface area contributed by atoms with E-state index in [9.17, 15) is 179 Å². The summed E-state index contributed by atoms with van der Waals surface area (Å²) < 4.78 is 47.0. The van der Waals surface area contributed by atoms with Gasteiger partial charge in [-0.3, -0.25) is 0 Å². The molecule has 21 rings (SSSR count). The van der Waals surface area contributed by atoms with Crippen molar-refractivity contribution in [2.75, 3.05) is 0 Å². The standard InChI is InChI=1S/C105H86O42/c106-38-22-55(122)69-68(23-38)141-94(32-2-9-41(108)49(116)16-32)87(135)81(69)71-57(124)26-59(126)73-83(89(137)96(143-101(71)73)34-4-11-43(110)51(118)18-34)75-61(128)28-63(130)77-85(91(139)98(145-103(75)77)36-6-13-45(112)53(120)20-36)79-65(132)30-66(133)80-86(92(140)99(147-105(79)80)37-7-14-46(113)54(121)21-37)78-64(131)29-62(129)76-84(90(138)97(146-104(76)78)35-5-12-44(111)52(119)19-35)74-60(127)27-58(125)72-82(88(136)95(144-102(72)74)33-3-10-42(109)50(117)17-33)70-56(123)25-47(114)39-24-67(134)93(142-100(39)70)31-1-8-40(107)48(115)15-31/h1-23,25-30,67,81-99,106-140H,24H2/t67-,81-,82+,83-,84+,85-,86+,87-,88-,89-,90-,91-,92-,93-,94-,95-,96-,97-,98-,99-/m1/s1. The van der Waals surface area contributed by atoms with E-state index >= 15 is 0 Å². The average molecular weight is 2020 g/mol. The van der Waals surface area contributed by atoms with Crippen LogP contribution in [0.15, 0.2) is 176 Å². The highest BCUT2D eigenvalue weighted by Crippen LogP contribution is 2.71. The van der Waals surface area contributed by atoms with Gasteiger partial charge in [-0.1, -0.05) is 42.5 Å². The zero-order valence-electron chi connectivity index (χ0n) is 75.0. The second-order valence-corrected chi connectivity index (χ2v) is 37.0. The Kier molecular flexibility index (Phi) is 22.3. The first kappa shape index (κ1) is 95.0. The fourth-order valence-electron chi connectivity index (χ4n) is 21.9. The van der Waals surface area contributed by atoms with E-state index in [0.29, 0.717) is 30.3 Å². The molecule has 42 nitrogen and oxygen atoms in total. The van der Waals surface area contributed by atoms with Crippen LogP contribution in [0.1, 0.15) is 190 Å². The number of phenolic OH excluding ortho intramolecular Hbond substituents is 28. The Morgan fingerprint density at radius 1 is 0.156 bits per heavy atom. The molecule has 0 saturated carbocycles. The van der Waals surface area contributed by atoms with Crippen LogP contribution >= 0.6 is 0 Å². The van der Waals surface area contributed by atoms with Gasteiger partial charge in [0.2, 0.25) is 0 Å². The summed E-state index contributed by atoms with van der Waals surface area (Å²) in [5.74, 6) is -45.0. The zero-order valence-corrected chi connectivity index (χ0v) is 75.0. The van der Waals surface area contributed by atoms with Gasteiger partial charge in [0.25, 0.3) is 0 Å². The second-order valence-electron chi connectivity index (χ2n) is 37.0. The van der Waals surface area contributed by atoms with Crippen LogP contribution in [0.2, 0.25) is 0 Å². The van der Waals surface area contributed by atoms with Crippen LogP contribution in [-0.4, -0.2) is 221 Å². The summed E-state index contributed by atoms with van der Waals surface area (Å²) in [5, 5.41) is 426. The van der Waals surface area contributed by atoms with Crippen molar-refractivity contribution in [2.45, 2.75) is 127 Å². The van der Waals surface area contributed by atoms with Crippen LogP contribution in [0.3, 0.4) is 0 Å². The molecule has 0 amide bonds. The summed E-state index contributed by atoms with van der Waals surface area (Å²) in [6, 6.07) is 26.4. The smallest absolute Gasteiger partial charge is 0.157 e. The van der Waals surface area contributed by atoms with Crippen LogP contribution in [-0.2, 0) is 6.42 Å². The minimum atomic E-state index is -2.53. The molecule has 7 aliphatic heterocycles. The number of aromatic hydroxyl groups is 28. The van der Waals surface area contributed by atoms with Crippen LogP contribution in [0.5, 0.6) is 201 Å². The Bertz CT molecular complexity index is 7850. The van der Waals surface area contributed by atoms with Crippen molar-refractivity contribution >= 4 is 0 Å². The topological polar surface area (TPSA) is 773 Å². The summed E-state index contributed by atoms with van der Waals surface area (Å²) >= 11 is 0. The minimum Gasteiger partial charge on any atom is -0.508 e. The first-order valence-electron chi connectivity index (χ1n) is 45.0. The summed E-state index contributed by atoms with van der Waals surface area (Å²) in [7, 11) is 0. The Labute approximate surface area is 823 Å². The lowest BCUT2D eigenvalue weighted by Gasteiger charge is -2.45. The number of aliphatic hydroxyl groups excluding tert-OH is 7. The number of fused-ring (bicyclic) bond motifs is 7. The van der Waals surface area contributed by atoms with E-state index in [0.717, 1.165) is 133 Å². The quantitative estimate of drug-likeness (QED) is 0.0477. The van der Waals surface area contributed by atoms with Crippen molar-refractivity contribution in [3.8, 4) is 201 Å². The van der Waals surface area contributed by atoms with Crippen molar-refractivity contribution in [3.05, 3.63) is 287 Å². The van der Waals surface area contributed by atoms with Gasteiger partial charge in [0.1, 0.15) is 163 Å². The van der Waals surface area contributed by atoms with E-state index < -0.39 is 401 Å². The maximum atomic E-state index is 13.9. The van der Waals surface area contributed by atoms with Crippen LogP contribution < -0.4 is 33.2 Å². The first-order valence-corrected chi connectivity index (χ1v) is 45.0. The van der Waals surface area contributed by atoms with Crippen molar-refractivity contribution in [2.24, 2.45) is 0 Å². The molecule has 0 saturated heterocycles. The molecular weight excluding hydrogens is 1930 g/mol. The molecule has 20 atom stereocenters. The zero-order chi connectivity index (χ0) is 104. The van der Waals surface area contributed by atoms with Crippen LogP contribution in [0, 0.1) is 0 Å². The monoisotopic (exact) mass is 2020 g/mol. The maximum Gasteiger partial charge on any atom is 0.157 e. The molecule has 14 aromatic rings. The highest BCUT2D eigenvalue weighted by molar-refractivity contribution is 5.78. The molecule has 0 unspecified atom stereocenters. The Morgan fingerprint density at radius 2 is 0.333 bits per heavy atom. The van der Waals surface area contributed by atoms with E-state index in [1.807, 2.05) is 0 Å². The van der Waals surface area contributed by atoms with Crippen molar-refractivity contribution < 1.29 is 212 Å². The van der Waals surface area contributed by atoms with Gasteiger partial charge < -0.3 is 212 Å². The molecule has 0 aromatic heterocycles. The number of aliphatic hydroxyl groups is 7. The van der Waals surface area contributed by atoms with Gasteiger partial charge in [-0.15, -0.1) is 0 Å². The number of rotatable bonds is 13. The van der Waals surface area contributed by atoms with Crippen LogP contribution in [0.4, 0.5) is 0 Å². The fourth-order valence-corrected chi connectivity index (χ4v) is 21.9. The number of hydrogen-bond acceptors (Lipinski definition) is 42.